The summed E-state index contributed by atoms with van der Waals surface area (Å²) < 4.78 is 5.60. The fourth-order valence-electron chi connectivity index (χ4n) is 2.99. The Morgan fingerprint density at radius 1 is 1.32 bits per heavy atom. The van der Waals surface area contributed by atoms with Crippen molar-refractivity contribution in [2.75, 3.05) is 18.5 Å². The fraction of sp³-hybridized carbons (Fsp3) is 0.533. The topological polar surface area (TPSA) is 41.6 Å². The minimum Gasteiger partial charge on any atom is -0.378 e. The number of para-hydroxylation sites is 1. The number of amides is 1. The molecule has 2 heterocycles. The normalized spacial score (nSPS) is 28.4. The monoisotopic (exact) mass is 260 g/mol. The van der Waals surface area contributed by atoms with Crippen LogP contribution in [0.25, 0.3) is 0 Å². The molecule has 4 heteroatoms. The van der Waals surface area contributed by atoms with Crippen LogP contribution in [0, 0.1) is 0 Å². The van der Waals surface area contributed by atoms with Crippen molar-refractivity contribution in [2.24, 2.45) is 0 Å². The van der Waals surface area contributed by atoms with E-state index in [1.807, 2.05) is 18.2 Å². The largest absolute Gasteiger partial charge is 0.378 e. The molecule has 1 saturated heterocycles. The lowest BCUT2D eigenvalue weighted by molar-refractivity contribution is -0.118. The fourth-order valence-corrected chi connectivity index (χ4v) is 2.99. The van der Waals surface area contributed by atoms with Crippen LogP contribution in [0.1, 0.15) is 25.3 Å². The summed E-state index contributed by atoms with van der Waals surface area (Å²) in [7, 11) is 0. The summed E-state index contributed by atoms with van der Waals surface area (Å²) in [5.74, 6) is 0.0871. The van der Waals surface area contributed by atoms with E-state index in [-0.39, 0.29) is 5.91 Å². The molecular weight excluding hydrogens is 240 g/mol. The average Bonchev–Trinajstić information content (AvgIpc) is 2.56. The molecule has 4 nitrogen and oxygen atoms in total. The molecule has 2 atom stereocenters. The highest BCUT2D eigenvalue weighted by Crippen LogP contribution is 2.25. The highest BCUT2D eigenvalue weighted by molar-refractivity contribution is 5.93. The molecule has 0 saturated carbocycles. The Hall–Kier alpha value is -1.39. The van der Waals surface area contributed by atoms with Gasteiger partial charge in [-0.3, -0.25) is 9.69 Å². The number of ether oxygens (including phenoxy) is 1. The number of carbonyl (C=O) groups excluding carboxylic acids is 1. The lowest BCUT2D eigenvalue weighted by Gasteiger charge is -2.35. The molecule has 1 amide bonds. The first-order valence-electron chi connectivity index (χ1n) is 6.96. The van der Waals surface area contributed by atoms with Gasteiger partial charge in [0.05, 0.1) is 12.6 Å². The summed E-state index contributed by atoms with van der Waals surface area (Å²) in [6, 6.07) is 8.51. The van der Waals surface area contributed by atoms with Gasteiger partial charge in [0.15, 0.2) is 0 Å². The molecule has 2 aliphatic heterocycles. The van der Waals surface area contributed by atoms with Crippen LogP contribution >= 0.6 is 0 Å². The lowest BCUT2D eigenvalue weighted by Crippen LogP contribution is -2.43. The summed E-state index contributed by atoms with van der Waals surface area (Å²) in [6.45, 7) is 4.22. The predicted octanol–water partition coefficient (Wildman–Crippen LogP) is 2.01. The van der Waals surface area contributed by atoms with Crippen LogP contribution in [-0.4, -0.2) is 36.1 Å². The van der Waals surface area contributed by atoms with Gasteiger partial charge in [0.25, 0.3) is 0 Å². The van der Waals surface area contributed by atoms with Gasteiger partial charge in [0, 0.05) is 24.9 Å². The molecule has 3 rings (SSSR count). The molecule has 19 heavy (non-hydrogen) atoms. The van der Waals surface area contributed by atoms with Crippen molar-refractivity contribution in [1.82, 2.24) is 4.90 Å². The van der Waals surface area contributed by atoms with Gasteiger partial charge in [0.1, 0.15) is 0 Å². The standard InChI is InChI=1S/C15H20N2O2/c1-11-8-13(6-7-19-11)17-9-12-4-2-3-5-14(12)16-15(18)10-17/h2-5,11,13H,6-10H2,1H3,(H,16,18)/t11-,13-/m1/s1. The number of hydrogen-bond acceptors (Lipinski definition) is 3. The molecule has 0 aromatic heterocycles. The number of carbonyl (C=O) groups is 1. The lowest BCUT2D eigenvalue weighted by atomic mass is 10.0. The van der Waals surface area contributed by atoms with Crippen molar-refractivity contribution in [2.45, 2.75) is 38.5 Å². The number of anilines is 1. The van der Waals surface area contributed by atoms with Gasteiger partial charge < -0.3 is 10.1 Å². The van der Waals surface area contributed by atoms with Gasteiger partial charge in [0.2, 0.25) is 5.91 Å². The van der Waals surface area contributed by atoms with Gasteiger partial charge in [-0.15, -0.1) is 0 Å². The van der Waals surface area contributed by atoms with Crippen LogP contribution in [-0.2, 0) is 16.1 Å². The number of hydrogen-bond donors (Lipinski definition) is 1. The van der Waals surface area contributed by atoms with E-state index in [0.29, 0.717) is 18.7 Å². The summed E-state index contributed by atoms with van der Waals surface area (Å²) in [5.41, 5.74) is 2.16. The third-order valence-corrected chi connectivity index (χ3v) is 3.99. The van der Waals surface area contributed by atoms with E-state index in [0.717, 1.165) is 31.7 Å². The van der Waals surface area contributed by atoms with Crippen LogP contribution in [0.15, 0.2) is 24.3 Å². The summed E-state index contributed by atoms with van der Waals surface area (Å²) in [4.78, 5) is 14.3. The van der Waals surface area contributed by atoms with Crippen molar-refractivity contribution >= 4 is 11.6 Å². The number of fused-ring (bicyclic) bond motifs is 1. The molecule has 0 radical (unpaired) electrons. The zero-order valence-corrected chi connectivity index (χ0v) is 11.3. The highest BCUT2D eigenvalue weighted by atomic mass is 16.5. The van der Waals surface area contributed by atoms with E-state index in [1.165, 1.54) is 5.56 Å². The minimum atomic E-state index is 0.0871. The van der Waals surface area contributed by atoms with Gasteiger partial charge in [-0.25, -0.2) is 0 Å². The van der Waals surface area contributed by atoms with Gasteiger partial charge >= 0.3 is 0 Å². The summed E-state index contributed by atoms with van der Waals surface area (Å²) in [5, 5.41) is 2.99. The number of rotatable bonds is 1. The Morgan fingerprint density at radius 3 is 3.00 bits per heavy atom. The van der Waals surface area contributed by atoms with Crippen molar-refractivity contribution in [3.8, 4) is 0 Å². The maximum atomic E-state index is 12.0. The zero-order valence-electron chi connectivity index (χ0n) is 11.3. The molecular formula is C15H20N2O2. The highest BCUT2D eigenvalue weighted by Gasteiger charge is 2.28. The van der Waals surface area contributed by atoms with E-state index in [9.17, 15) is 4.79 Å². The maximum absolute atomic E-state index is 12.0. The SMILES string of the molecule is C[C@@H]1C[C@H](N2CC(=O)Nc3ccccc3C2)CCO1. The summed E-state index contributed by atoms with van der Waals surface area (Å²) >= 11 is 0. The second-order valence-corrected chi connectivity index (χ2v) is 5.47. The minimum absolute atomic E-state index is 0.0871. The Morgan fingerprint density at radius 2 is 2.16 bits per heavy atom. The molecule has 1 aromatic rings. The smallest absolute Gasteiger partial charge is 0.238 e. The number of nitrogens with one attached hydrogen (secondary N) is 1. The molecule has 2 aliphatic rings. The van der Waals surface area contributed by atoms with E-state index in [2.05, 4.69) is 23.2 Å². The Balaban J connectivity index is 1.81. The van der Waals surface area contributed by atoms with Crippen molar-refractivity contribution < 1.29 is 9.53 Å². The Bertz CT molecular complexity index is 475. The van der Waals surface area contributed by atoms with Crippen molar-refractivity contribution in [1.29, 1.82) is 0 Å². The molecule has 1 fully saturated rings. The van der Waals surface area contributed by atoms with Crippen LogP contribution in [0.4, 0.5) is 5.69 Å². The molecule has 0 aliphatic carbocycles. The second kappa shape index (κ2) is 5.31. The van der Waals surface area contributed by atoms with E-state index in [1.54, 1.807) is 0 Å². The molecule has 1 aromatic carbocycles. The third-order valence-electron chi connectivity index (χ3n) is 3.99. The van der Waals surface area contributed by atoms with Gasteiger partial charge in [-0.05, 0) is 31.4 Å². The van der Waals surface area contributed by atoms with Crippen LogP contribution < -0.4 is 5.32 Å². The first kappa shape index (κ1) is 12.6. The zero-order chi connectivity index (χ0) is 13.2. The van der Waals surface area contributed by atoms with Gasteiger partial charge in [-0.2, -0.15) is 0 Å². The number of nitrogens with zero attached hydrogens (tertiary/aromatic N) is 1. The van der Waals surface area contributed by atoms with Crippen molar-refractivity contribution in [3.63, 3.8) is 0 Å². The molecule has 0 spiro atoms. The van der Waals surface area contributed by atoms with E-state index in [4.69, 9.17) is 4.74 Å². The molecule has 102 valence electrons. The van der Waals surface area contributed by atoms with Crippen molar-refractivity contribution in [3.05, 3.63) is 29.8 Å². The van der Waals surface area contributed by atoms with E-state index >= 15 is 0 Å². The van der Waals surface area contributed by atoms with Crippen LogP contribution in [0.2, 0.25) is 0 Å². The Kier molecular flexibility index (Phi) is 3.53. The van der Waals surface area contributed by atoms with Gasteiger partial charge in [-0.1, -0.05) is 18.2 Å². The first-order valence-corrected chi connectivity index (χ1v) is 6.96. The number of benzene rings is 1. The Labute approximate surface area is 113 Å². The molecule has 0 unspecified atom stereocenters. The quantitative estimate of drug-likeness (QED) is 0.840. The summed E-state index contributed by atoms with van der Waals surface area (Å²) in [6.07, 6.45) is 2.32. The maximum Gasteiger partial charge on any atom is 0.238 e. The second-order valence-electron chi connectivity index (χ2n) is 5.47. The average molecular weight is 260 g/mol. The molecule has 0 bridgehead atoms. The first-order chi connectivity index (χ1) is 9.22. The molecule has 1 N–H and O–H groups in total. The third kappa shape index (κ3) is 2.80. The van der Waals surface area contributed by atoms with Crippen LogP contribution in [0.5, 0.6) is 0 Å². The van der Waals surface area contributed by atoms with E-state index < -0.39 is 0 Å². The predicted molar refractivity (Wildman–Crippen MR) is 73.9 cm³/mol. The van der Waals surface area contributed by atoms with Crippen LogP contribution in [0.3, 0.4) is 0 Å².